The SMILES string of the molecule is CN1c2cc(C(=O)O)ccc2NCC1(C)C. The Labute approximate surface area is 94.9 Å². The van der Waals surface area contributed by atoms with Crippen LogP contribution < -0.4 is 10.2 Å². The van der Waals surface area contributed by atoms with Crippen molar-refractivity contribution in [2.24, 2.45) is 0 Å². The lowest BCUT2D eigenvalue weighted by Gasteiger charge is -2.43. The summed E-state index contributed by atoms with van der Waals surface area (Å²) in [6, 6.07) is 5.16. The molecular weight excluding hydrogens is 204 g/mol. The van der Waals surface area contributed by atoms with E-state index in [0.717, 1.165) is 17.9 Å². The van der Waals surface area contributed by atoms with Gasteiger partial charge in [0.05, 0.1) is 22.5 Å². The second-order valence-electron chi connectivity index (χ2n) is 4.76. The smallest absolute Gasteiger partial charge is 0.335 e. The van der Waals surface area contributed by atoms with Gasteiger partial charge in [-0.15, -0.1) is 0 Å². The lowest BCUT2D eigenvalue weighted by molar-refractivity contribution is 0.0697. The van der Waals surface area contributed by atoms with E-state index in [1.165, 1.54) is 0 Å². The first-order valence-corrected chi connectivity index (χ1v) is 5.27. The number of fused-ring (bicyclic) bond motifs is 1. The summed E-state index contributed by atoms with van der Waals surface area (Å²) in [6.07, 6.45) is 0. The minimum absolute atomic E-state index is 0.00979. The second-order valence-corrected chi connectivity index (χ2v) is 4.76. The highest BCUT2D eigenvalue weighted by Gasteiger charge is 2.30. The summed E-state index contributed by atoms with van der Waals surface area (Å²) in [5.74, 6) is -0.889. The van der Waals surface area contributed by atoms with E-state index >= 15 is 0 Å². The maximum Gasteiger partial charge on any atom is 0.335 e. The van der Waals surface area contributed by atoms with Gasteiger partial charge in [0.25, 0.3) is 0 Å². The summed E-state index contributed by atoms with van der Waals surface area (Å²) in [6.45, 7) is 5.09. The zero-order chi connectivity index (χ0) is 11.9. The average molecular weight is 220 g/mol. The van der Waals surface area contributed by atoms with Crippen molar-refractivity contribution >= 4 is 17.3 Å². The number of carbonyl (C=O) groups is 1. The number of carboxylic acid groups (broad SMARTS) is 1. The van der Waals surface area contributed by atoms with Gasteiger partial charge in [0.2, 0.25) is 0 Å². The van der Waals surface area contributed by atoms with Crippen LogP contribution in [0.4, 0.5) is 11.4 Å². The summed E-state index contributed by atoms with van der Waals surface area (Å²) < 4.78 is 0. The van der Waals surface area contributed by atoms with Crippen molar-refractivity contribution in [1.82, 2.24) is 0 Å². The first-order chi connectivity index (χ1) is 7.42. The highest BCUT2D eigenvalue weighted by atomic mass is 16.4. The van der Waals surface area contributed by atoms with Crippen molar-refractivity contribution < 1.29 is 9.90 Å². The van der Waals surface area contributed by atoms with Crippen molar-refractivity contribution in [1.29, 1.82) is 0 Å². The quantitative estimate of drug-likeness (QED) is 0.760. The third-order valence-electron chi connectivity index (χ3n) is 3.23. The van der Waals surface area contributed by atoms with Crippen molar-refractivity contribution in [2.75, 3.05) is 23.8 Å². The van der Waals surface area contributed by atoms with E-state index in [0.29, 0.717) is 5.56 Å². The van der Waals surface area contributed by atoms with Crippen LogP contribution in [0.5, 0.6) is 0 Å². The summed E-state index contributed by atoms with van der Waals surface area (Å²) in [5, 5.41) is 12.3. The standard InChI is InChI=1S/C12H16N2O2/c1-12(2)7-13-9-5-4-8(11(15)16)6-10(9)14(12)3/h4-6,13H,7H2,1-3H3,(H,15,16). The number of benzene rings is 1. The third-order valence-corrected chi connectivity index (χ3v) is 3.23. The van der Waals surface area contributed by atoms with Crippen LogP contribution in [0.1, 0.15) is 24.2 Å². The molecule has 16 heavy (non-hydrogen) atoms. The minimum atomic E-state index is -0.889. The van der Waals surface area contributed by atoms with Crippen molar-refractivity contribution in [3.05, 3.63) is 23.8 Å². The Balaban J connectivity index is 2.49. The number of nitrogens with one attached hydrogen (secondary N) is 1. The molecule has 4 nitrogen and oxygen atoms in total. The number of aromatic carboxylic acids is 1. The molecule has 0 radical (unpaired) electrons. The molecule has 4 heteroatoms. The molecule has 86 valence electrons. The lowest BCUT2D eigenvalue weighted by atomic mass is 9.98. The van der Waals surface area contributed by atoms with Gasteiger partial charge in [-0.2, -0.15) is 0 Å². The predicted octanol–water partition coefficient (Wildman–Crippen LogP) is 2.03. The van der Waals surface area contributed by atoms with Gasteiger partial charge >= 0.3 is 5.97 Å². The molecule has 0 spiro atoms. The Morgan fingerprint density at radius 3 is 2.81 bits per heavy atom. The topological polar surface area (TPSA) is 52.6 Å². The second kappa shape index (κ2) is 3.40. The maximum absolute atomic E-state index is 10.9. The fourth-order valence-electron chi connectivity index (χ4n) is 1.85. The summed E-state index contributed by atoms with van der Waals surface area (Å²) in [7, 11) is 1.99. The van der Waals surface area contributed by atoms with E-state index in [2.05, 4.69) is 24.1 Å². The number of rotatable bonds is 1. The van der Waals surface area contributed by atoms with Crippen LogP contribution in [0, 0.1) is 0 Å². The first kappa shape index (κ1) is 10.8. The molecule has 1 aromatic rings. The highest BCUT2D eigenvalue weighted by Crippen LogP contribution is 2.35. The summed E-state index contributed by atoms with van der Waals surface area (Å²) in [5.41, 5.74) is 2.25. The molecule has 2 rings (SSSR count). The molecule has 0 fully saturated rings. The van der Waals surface area contributed by atoms with E-state index in [4.69, 9.17) is 5.11 Å². The molecule has 0 saturated carbocycles. The number of carboxylic acids is 1. The number of likely N-dealkylation sites (N-methyl/N-ethyl adjacent to an activating group) is 1. The molecule has 0 aliphatic carbocycles. The predicted molar refractivity (Wildman–Crippen MR) is 64.4 cm³/mol. The molecule has 0 bridgehead atoms. The summed E-state index contributed by atoms with van der Waals surface area (Å²) >= 11 is 0. The van der Waals surface area contributed by atoms with Crippen LogP contribution in [0.15, 0.2) is 18.2 Å². The van der Waals surface area contributed by atoms with Gasteiger partial charge in [-0.05, 0) is 32.0 Å². The van der Waals surface area contributed by atoms with Gasteiger partial charge in [-0.3, -0.25) is 0 Å². The Morgan fingerprint density at radius 1 is 1.50 bits per heavy atom. The fourth-order valence-corrected chi connectivity index (χ4v) is 1.85. The molecule has 0 saturated heterocycles. The summed E-state index contributed by atoms with van der Waals surface area (Å²) in [4.78, 5) is 13.0. The molecule has 0 unspecified atom stereocenters. The Morgan fingerprint density at radius 2 is 2.19 bits per heavy atom. The average Bonchev–Trinajstić information content (AvgIpc) is 2.23. The van der Waals surface area contributed by atoms with Crippen molar-refractivity contribution in [2.45, 2.75) is 19.4 Å². The normalized spacial score (nSPS) is 17.6. The molecular formula is C12H16N2O2. The molecule has 1 heterocycles. The van der Waals surface area contributed by atoms with Gasteiger partial charge in [0.15, 0.2) is 0 Å². The van der Waals surface area contributed by atoms with E-state index < -0.39 is 5.97 Å². The zero-order valence-corrected chi connectivity index (χ0v) is 9.74. The van der Waals surface area contributed by atoms with Crippen LogP contribution in [-0.2, 0) is 0 Å². The molecule has 1 aliphatic heterocycles. The molecule has 1 aliphatic rings. The third kappa shape index (κ3) is 1.60. The minimum Gasteiger partial charge on any atom is -0.478 e. The van der Waals surface area contributed by atoms with Crippen LogP contribution >= 0.6 is 0 Å². The molecule has 0 amide bonds. The van der Waals surface area contributed by atoms with Crippen molar-refractivity contribution in [3.8, 4) is 0 Å². The van der Waals surface area contributed by atoms with Crippen LogP contribution in [0.2, 0.25) is 0 Å². The Kier molecular flexibility index (Phi) is 2.30. The van der Waals surface area contributed by atoms with E-state index in [1.54, 1.807) is 12.1 Å². The van der Waals surface area contributed by atoms with Gasteiger partial charge in [0.1, 0.15) is 0 Å². The van der Waals surface area contributed by atoms with Gasteiger partial charge in [-0.25, -0.2) is 4.79 Å². The van der Waals surface area contributed by atoms with Gasteiger partial charge < -0.3 is 15.3 Å². The van der Waals surface area contributed by atoms with Gasteiger partial charge in [-0.1, -0.05) is 0 Å². The number of hydrogen-bond acceptors (Lipinski definition) is 3. The molecule has 0 aromatic heterocycles. The number of hydrogen-bond donors (Lipinski definition) is 2. The van der Waals surface area contributed by atoms with Crippen molar-refractivity contribution in [3.63, 3.8) is 0 Å². The monoisotopic (exact) mass is 220 g/mol. The Bertz CT molecular complexity index is 441. The maximum atomic E-state index is 10.9. The van der Waals surface area contributed by atoms with E-state index in [9.17, 15) is 4.79 Å². The van der Waals surface area contributed by atoms with Crippen LogP contribution in [0.3, 0.4) is 0 Å². The van der Waals surface area contributed by atoms with Gasteiger partial charge in [0, 0.05) is 13.6 Å². The Hall–Kier alpha value is -1.71. The van der Waals surface area contributed by atoms with Crippen LogP contribution in [0.25, 0.3) is 0 Å². The number of anilines is 2. The fraction of sp³-hybridized carbons (Fsp3) is 0.417. The molecule has 0 atom stereocenters. The zero-order valence-electron chi connectivity index (χ0n) is 9.74. The molecule has 2 N–H and O–H groups in total. The lowest BCUT2D eigenvalue weighted by Crippen LogP contribution is -2.50. The highest BCUT2D eigenvalue weighted by molar-refractivity contribution is 5.91. The number of nitrogens with zero attached hydrogens (tertiary/aromatic N) is 1. The first-order valence-electron chi connectivity index (χ1n) is 5.27. The van der Waals surface area contributed by atoms with E-state index in [1.807, 2.05) is 13.1 Å². The largest absolute Gasteiger partial charge is 0.478 e. The molecule has 1 aromatic carbocycles. The van der Waals surface area contributed by atoms with Crippen LogP contribution in [-0.4, -0.2) is 30.2 Å². The van der Waals surface area contributed by atoms with E-state index in [-0.39, 0.29) is 5.54 Å².